The van der Waals surface area contributed by atoms with Crippen molar-refractivity contribution in [3.05, 3.63) is 0 Å². The number of rotatable bonds is 52. The maximum absolute atomic E-state index is 13.8. The average molecular weight is 1340 g/mol. The Morgan fingerprint density at radius 3 is 1.14 bits per heavy atom. The number of unbranched alkanes of at least 4 members (excludes halogenated alkanes) is 33. The van der Waals surface area contributed by atoms with Gasteiger partial charge in [0, 0.05) is 6.42 Å². The second-order valence-corrected chi connectivity index (χ2v) is 28.4. The van der Waals surface area contributed by atoms with Crippen LogP contribution in [0.5, 0.6) is 0 Å². The molecule has 20 unspecified atom stereocenters. The Bertz CT molecular complexity index is 1920. The molecule has 26 nitrogen and oxygen atoms in total. The van der Waals surface area contributed by atoms with Gasteiger partial charge in [0.2, 0.25) is 5.91 Å². The van der Waals surface area contributed by atoms with Crippen molar-refractivity contribution in [1.29, 1.82) is 0 Å². The molecule has 0 radical (unpaired) electrons. The van der Waals surface area contributed by atoms with E-state index in [1.54, 1.807) is 0 Å². The standard InChI is InChI=1S/C62H121NO25P2/c1-3-5-7-9-11-13-15-17-18-19-20-21-22-23-24-25-26-27-29-31-33-35-37-39-45(65)63-42(46(66)43(64)38-36-34-32-30-28-16-14-12-10-8-6-4-2)40-83-89(79,80)88-61-57(77)53(73)52(72)56(76)60(61)86-62-58(78)48(68)47(67)44(85-62)41-84-90(81,82)87-59-54(74)50(70)49(69)51(71)55(59)75/h42-44,46-62,64,66-78H,3-41H2,1-2H3,(H,63,65)(H,79,80)(H,81,82). The summed E-state index contributed by atoms with van der Waals surface area (Å²) in [4.78, 5) is 35.0. The van der Waals surface area contributed by atoms with Crippen molar-refractivity contribution in [2.24, 2.45) is 0 Å². The van der Waals surface area contributed by atoms with E-state index >= 15 is 0 Å². The fourth-order valence-corrected chi connectivity index (χ4v) is 13.9. The van der Waals surface area contributed by atoms with Gasteiger partial charge in [-0.1, -0.05) is 232 Å². The summed E-state index contributed by atoms with van der Waals surface area (Å²) >= 11 is 0. The molecule has 3 fully saturated rings. The van der Waals surface area contributed by atoms with Gasteiger partial charge in [0.05, 0.1) is 25.4 Å². The summed E-state index contributed by atoms with van der Waals surface area (Å²) < 4.78 is 57.9. The van der Waals surface area contributed by atoms with Crippen LogP contribution in [-0.4, -0.2) is 223 Å². The first-order chi connectivity index (χ1) is 42.9. The molecule has 2 saturated carbocycles. The molecule has 28 heteroatoms. The Labute approximate surface area is 534 Å². The maximum Gasteiger partial charge on any atom is 0.472 e. The third-order valence-corrected chi connectivity index (χ3v) is 19.9. The highest BCUT2D eigenvalue weighted by atomic mass is 31.2. The Morgan fingerprint density at radius 1 is 0.411 bits per heavy atom. The highest BCUT2D eigenvalue weighted by Crippen LogP contribution is 2.49. The SMILES string of the molecule is CCCCCCCCCCCCCCCCCCCCCCCCCC(=O)NC(COP(=O)(O)OC1C(O)C(O)C(O)C(O)C1OC1OC(COP(=O)(O)OC2C(O)C(O)C(O)C(O)C2O)C(O)C(O)C1O)C(O)C(O)CCCCCCCCCCCCCC. The first-order valence-electron chi connectivity index (χ1n) is 34.3. The Morgan fingerprint density at radius 2 is 0.733 bits per heavy atom. The molecule has 0 aromatic rings. The van der Waals surface area contributed by atoms with Crippen LogP contribution in [0.2, 0.25) is 0 Å². The van der Waals surface area contributed by atoms with E-state index in [1.807, 2.05) is 0 Å². The van der Waals surface area contributed by atoms with Gasteiger partial charge < -0.3 is 96.1 Å². The summed E-state index contributed by atoms with van der Waals surface area (Å²) in [6, 6.07) is -1.51. The normalized spacial score (nSPS) is 31.4. The molecule has 1 saturated heterocycles. The number of hydrogen-bond acceptors (Lipinski definition) is 23. The van der Waals surface area contributed by atoms with Crippen molar-refractivity contribution in [3.8, 4) is 0 Å². The van der Waals surface area contributed by atoms with Crippen LogP contribution in [0.25, 0.3) is 0 Å². The van der Waals surface area contributed by atoms with Gasteiger partial charge >= 0.3 is 15.6 Å². The van der Waals surface area contributed by atoms with Crippen molar-refractivity contribution in [2.45, 2.75) is 374 Å². The van der Waals surface area contributed by atoms with Crippen LogP contribution in [-0.2, 0) is 41.5 Å². The molecule has 3 aliphatic rings. The van der Waals surface area contributed by atoms with E-state index in [9.17, 15) is 95.2 Å². The molecule has 0 bridgehead atoms. The lowest BCUT2D eigenvalue weighted by Crippen LogP contribution is -2.67. The summed E-state index contributed by atoms with van der Waals surface area (Å²) in [7, 11) is -11.1. The summed E-state index contributed by atoms with van der Waals surface area (Å²) in [5.74, 6) is -0.549. The van der Waals surface area contributed by atoms with E-state index in [2.05, 4.69) is 19.2 Å². The molecule has 3 rings (SSSR count). The molecule has 0 aromatic heterocycles. The number of aliphatic hydroxyl groups is 14. The predicted octanol–water partition coefficient (Wildman–Crippen LogP) is 5.14. The van der Waals surface area contributed by atoms with Gasteiger partial charge in [-0.05, 0) is 12.8 Å². The number of amides is 1. The summed E-state index contributed by atoms with van der Waals surface area (Å²) in [6.45, 7) is 2.21. The number of carbonyl (C=O) groups excluding carboxylic acids is 1. The molecule has 1 aliphatic heterocycles. The first kappa shape index (κ1) is 83.3. The van der Waals surface area contributed by atoms with Gasteiger partial charge in [-0.15, -0.1) is 0 Å². The summed E-state index contributed by atoms with van der Waals surface area (Å²) in [5, 5.41) is 152. The maximum atomic E-state index is 13.8. The van der Waals surface area contributed by atoms with Crippen LogP contribution in [0, 0.1) is 0 Å². The largest absolute Gasteiger partial charge is 0.472 e. The van der Waals surface area contributed by atoms with Crippen molar-refractivity contribution in [3.63, 3.8) is 0 Å². The highest BCUT2D eigenvalue weighted by molar-refractivity contribution is 7.47. The minimum atomic E-state index is -5.61. The summed E-state index contributed by atoms with van der Waals surface area (Å²) in [5.41, 5.74) is 0. The van der Waals surface area contributed by atoms with E-state index in [-0.39, 0.29) is 12.8 Å². The fraction of sp³-hybridized carbons (Fsp3) is 0.984. The van der Waals surface area contributed by atoms with Crippen LogP contribution >= 0.6 is 15.6 Å². The van der Waals surface area contributed by atoms with Gasteiger partial charge in [0.1, 0.15) is 104 Å². The van der Waals surface area contributed by atoms with Gasteiger partial charge in [-0.25, -0.2) is 9.13 Å². The van der Waals surface area contributed by atoms with Crippen molar-refractivity contribution in [1.82, 2.24) is 5.32 Å². The van der Waals surface area contributed by atoms with Gasteiger partial charge in [0.15, 0.2) is 6.29 Å². The van der Waals surface area contributed by atoms with Crippen LogP contribution in [0.15, 0.2) is 0 Å². The van der Waals surface area contributed by atoms with E-state index in [4.69, 9.17) is 27.6 Å². The minimum absolute atomic E-state index is 0.0212. The first-order valence-corrected chi connectivity index (χ1v) is 37.3. The zero-order chi connectivity index (χ0) is 66.7. The van der Waals surface area contributed by atoms with Gasteiger partial charge in [-0.3, -0.25) is 22.9 Å². The smallest absolute Gasteiger partial charge is 0.390 e. The molecule has 2 aliphatic carbocycles. The van der Waals surface area contributed by atoms with Crippen LogP contribution < -0.4 is 5.32 Å². The third kappa shape index (κ3) is 31.1. The van der Waals surface area contributed by atoms with Crippen LogP contribution in [0.4, 0.5) is 0 Å². The topological polar surface area (TPSA) is 442 Å². The Kier molecular flexibility index (Phi) is 42.8. The van der Waals surface area contributed by atoms with Gasteiger partial charge in [0.25, 0.3) is 0 Å². The number of phosphoric ester groups is 2. The van der Waals surface area contributed by atoms with Crippen molar-refractivity contribution >= 4 is 21.6 Å². The second-order valence-electron chi connectivity index (χ2n) is 25.6. The van der Waals surface area contributed by atoms with Crippen molar-refractivity contribution < 1.29 is 123 Å². The molecular formula is C62H121NO25P2. The molecule has 20 atom stereocenters. The molecule has 1 amide bonds. The zero-order valence-electron chi connectivity index (χ0n) is 53.8. The molecule has 0 spiro atoms. The third-order valence-electron chi connectivity index (χ3n) is 17.9. The van der Waals surface area contributed by atoms with E-state index in [0.717, 1.165) is 64.2 Å². The van der Waals surface area contributed by atoms with Crippen LogP contribution in [0.1, 0.15) is 251 Å². The molecule has 90 heavy (non-hydrogen) atoms. The minimum Gasteiger partial charge on any atom is -0.390 e. The summed E-state index contributed by atoms with van der Waals surface area (Å²) in [6.07, 6.45) is -0.601. The number of carbonyl (C=O) groups is 1. The molecule has 1 heterocycles. The highest BCUT2D eigenvalue weighted by Gasteiger charge is 2.56. The quantitative estimate of drug-likeness (QED) is 0.0277. The van der Waals surface area contributed by atoms with E-state index < -0.39 is 157 Å². The second kappa shape index (κ2) is 46.3. The fourth-order valence-electron chi connectivity index (χ4n) is 12.0. The lowest BCUT2D eigenvalue weighted by molar-refractivity contribution is -0.337. The van der Waals surface area contributed by atoms with E-state index in [1.165, 1.54) is 148 Å². The molecule has 17 N–H and O–H groups in total. The monoisotopic (exact) mass is 1340 g/mol. The number of ether oxygens (including phenoxy) is 2. The number of hydrogen-bond donors (Lipinski definition) is 17. The zero-order valence-corrected chi connectivity index (χ0v) is 55.6. The predicted molar refractivity (Wildman–Crippen MR) is 333 cm³/mol. The average Bonchev–Trinajstić information content (AvgIpc) is 0.880. The molecular weight excluding hydrogens is 1220 g/mol. The lowest BCUT2D eigenvalue weighted by atomic mass is 9.84. The number of nitrogens with one attached hydrogen (secondary N) is 1. The molecule has 0 aromatic carbocycles. The molecule has 534 valence electrons. The Hall–Kier alpha value is -0.950. The van der Waals surface area contributed by atoms with E-state index in [0.29, 0.717) is 12.8 Å². The van der Waals surface area contributed by atoms with Crippen molar-refractivity contribution in [2.75, 3.05) is 13.2 Å². The Balaban J connectivity index is 1.56. The number of aliphatic hydroxyl groups excluding tert-OH is 14. The number of phosphoric acid groups is 2. The lowest BCUT2D eigenvalue weighted by Gasteiger charge is -2.47. The van der Waals surface area contributed by atoms with Gasteiger partial charge in [-0.2, -0.15) is 0 Å². The van der Waals surface area contributed by atoms with Crippen LogP contribution in [0.3, 0.4) is 0 Å².